The summed E-state index contributed by atoms with van der Waals surface area (Å²) in [5, 5.41) is 27.4. The lowest BCUT2D eigenvalue weighted by Gasteiger charge is -2.14. The third-order valence-electron chi connectivity index (χ3n) is 4.48. The summed E-state index contributed by atoms with van der Waals surface area (Å²) in [6, 6.07) is 11.9. The van der Waals surface area contributed by atoms with E-state index < -0.39 is 0 Å². The number of nitriles is 2. The first-order valence-corrected chi connectivity index (χ1v) is 10.0. The molecule has 1 aromatic heterocycles. The minimum absolute atomic E-state index is 0.0552. The SMILES string of the molecule is N#CCCCOc1ccc(-c2coc3cc(O)c(Cl)cc3c2=O)cc1OCCCC#N. The zero-order valence-electron chi connectivity index (χ0n) is 16.6. The van der Waals surface area contributed by atoms with Gasteiger partial charge in [0.05, 0.1) is 41.3 Å². The second kappa shape index (κ2) is 10.4. The highest BCUT2D eigenvalue weighted by molar-refractivity contribution is 6.32. The molecule has 0 spiro atoms. The van der Waals surface area contributed by atoms with Crippen molar-refractivity contribution < 1.29 is 19.0 Å². The molecule has 0 saturated heterocycles. The van der Waals surface area contributed by atoms with Crippen LogP contribution < -0.4 is 14.9 Å². The first kappa shape index (κ1) is 22.0. The van der Waals surface area contributed by atoms with Crippen LogP contribution in [0.15, 0.2) is 45.8 Å². The molecule has 7 nitrogen and oxygen atoms in total. The molecular formula is C23H19ClN2O5. The molecule has 0 aliphatic heterocycles. The van der Waals surface area contributed by atoms with Gasteiger partial charge in [-0.3, -0.25) is 4.79 Å². The number of hydrogen-bond acceptors (Lipinski definition) is 7. The summed E-state index contributed by atoms with van der Waals surface area (Å²) in [7, 11) is 0. The molecule has 0 fully saturated rings. The molecule has 0 atom stereocenters. The maximum absolute atomic E-state index is 13.0. The molecule has 3 rings (SSSR count). The number of aromatic hydroxyl groups is 1. The van der Waals surface area contributed by atoms with Gasteiger partial charge in [-0.15, -0.1) is 0 Å². The number of hydrogen-bond donors (Lipinski definition) is 1. The number of phenols is 1. The van der Waals surface area contributed by atoms with Gasteiger partial charge < -0.3 is 19.0 Å². The summed E-state index contributed by atoms with van der Waals surface area (Å²) < 4.78 is 17.1. The molecule has 0 aliphatic rings. The number of ether oxygens (including phenoxy) is 2. The zero-order chi connectivity index (χ0) is 22.2. The minimum atomic E-state index is -0.304. The summed E-state index contributed by atoms with van der Waals surface area (Å²) in [6.45, 7) is 0.661. The van der Waals surface area contributed by atoms with E-state index in [1.54, 1.807) is 18.2 Å². The largest absolute Gasteiger partial charge is 0.506 e. The van der Waals surface area contributed by atoms with Gasteiger partial charge in [0.1, 0.15) is 17.6 Å². The van der Waals surface area contributed by atoms with E-state index in [4.69, 9.17) is 36.0 Å². The molecule has 31 heavy (non-hydrogen) atoms. The summed E-state index contributed by atoms with van der Waals surface area (Å²) in [5.41, 5.74) is 0.772. The number of halogens is 1. The van der Waals surface area contributed by atoms with Gasteiger partial charge in [-0.25, -0.2) is 0 Å². The monoisotopic (exact) mass is 438 g/mol. The van der Waals surface area contributed by atoms with Crippen molar-refractivity contribution in [3.05, 3.63) is 51.8 Å². The van der Waals surface area contributed by atoms with E-state index in [9.17, 15) is 9.90 Å². The van der Waals surface area contributed by atoms with Crippen LogP contribution in [0.2, 0.25) is 5.02 Å². The Kier molecular flexibility index (Phi) is 7.37. The first-order chi connectivity index (χ1) is 15.0. The Balaban J connectivity index is 1.96. The molecule has 0 aliphatic carbocycles. The number of phenolic OH excluding ortho intramolecular Hbond substituents is 1. The maximum atomic E-state index is 13.0. The minimum Gasteiger partial charge on any atom is -0.506 e. The summed E-state index contributed by atoms with van der Waals surface area (Å²) >= 11 is 5.95. The topological polar surface area (TPSA) is 116 Å². The molecule has 0 radical (unpaired) electrons. The van der Waals surface area contributed by atoms with Crippen molar-refractivity contribution in [1.29, 1.82) is 10.5 Å². The Morgan fingerprint density at radius 2 is 1.68 bits per heavy atom. The quantitative estimate of drug-likeness (QED) is 0.457. The second-order valence-corrected chi connectivity index (χ2v) is 7.07. The van der Waals surface area contributed by atoms with Crippen LogP contribution in [0.1, 0.15) is 25.7 Å². The van der Waals surface area contributed by atoms with Gasteiger partial charge in [0.2, 0.25) is 5.43 Å². The fourth-order valence-corrected chi connectivity index (χ4v) is 3.08. The smallest absolute Gasteiger partial charge is 0.200 e. The van der Waals surface area contributed by atoms with Crippen LogP contribution in [0.5, 0.6) is 17.2 Å². The highest BCUT2D eigenvalue weighted by atomic mass is 35.5. The van der Waals surface area contributed by atoms with Gasteiger partial charge in [-0.05, 0) is 36.6 Å². The maximum Gasteiger partial charge on any atom is 0.200 e. The highest BCUT2D eigenvalue weighted by Gasteiger charge is 2.15. The van der Waals surface area contributed by atoms with Crippen LogP contribution in [0.25, 0.3) is 22.1 Å². The summed E-state index contributed by atoms with van der Waals surface area (Å²) in [6.07, 6.45) is 3.19. The predicted molar refractivity (Wildman–Crippen MR) is 115 cm³/mol. The van der Waals surface area contributed by atoms with Gasteiger partial charge in [0.25, 0.3) is 0 Å². The van der Waals surface area contributed by atoms with E-state index in [1.807, 2.05) is 0 Å². The molecule has 2 aromatic carbocycles. The van der Waals surface area contributed by atoms with E-state index in [-0.39, 0.29) is 27.2 Å². The van der Waals surface area contributed by atoms with Crippen LogP contribution in [0.4, 0.5) is 0 Å². The third-order valence-corrected chi connectivity index (χ3v) is 4.78. The fourth-order valence-electron chi connectivity index (χ4n) is 2.91. The van der Waals surface area contributed by atoms with Crippen molar-refractivity contribution in [1.82, 2.24) is 0 Å². The van der Waals surface area contributed by atoms with Crippen molar-refractivity contribution in [3.8, 4) is 40.5 Å². The van der Waals surface area contributed by atoms with Crippen LogP contribution in [0, 0.1) is 22.7 Å². The van der Waals surface area contributed by atoms with Gasteiger partial charge in [0, 0.05) is 18.9 Å². The van der Waals surface area contributed by atoms with Gasteiger partial charge in [-0.1, -0.05) is 17.7 Å². The Morgan fingerprint density at radius 1 is 1.00 bits per heavy atom. The van der Waals surface area contributed by atoms with Gasteiger partial charge in [-0.2, -0.15) is 10.5 Å². The van der Waals surface area contributed by atoms with Crippen molar-refractivity contribution >= 4 is 22.6 Å². The standard InChI is InChI=1S/C23H19ClN2O5/c24-18-12-16-21(13-19(18)27)31-14-17(23(16)28)15-5-6-20(29-9-3-1-7-25)22(11-15)30-10-4-2-8-26/h5-6,11-14,27H,1-4,9-10H2. The van der Waals surface area contributed by atoms with Crippen molar-refractivity contribution in [2.24, 2.45) is 0 Å². The lowest BCUT2D eigenvalue weighted by molar-refractivity contribution is 0.264. The number of fused-ring (bicyclic) bond motifs is 1. The van der Waals surface area contributed by atoms with Crippen molar-refractivity contribution in [2.45, 2.75) is 25.7 Å². The average molecular weight is 439 g/mol. The Morgan fingerprint density at radius 3 is 2.35 bits per heavy atom. The predicted octanol–water partition coefficient (Wildman–Crippen LogP) is 5.18. The van der Waals surface area contributed by atoms with Crippen LogP contribution in [-0.2, 0) is 0 Å². The average Bonchev–Trinajstić information content (AvgIpc) is 2.77. The fraction of sp³-hybridized carbons (Fsp3) is 0.261. The number of nitrogens with zero attached hydrogens (tertiary/aromatic N) is 2. The Labute approximate surface area is 183 Å². The molecule has 8 heteroatoms. The molecular weight excluding hydrogens is 420 g/mol. The lowest BCUT2D eigenvalue weighted by atomic mass is 10.0. The molecule has 0 bridgehead atoms. The first-order valence-electron chi connectivity index (χ1n) is 9.63. The van der Waals surface area contributed by atoms with Crippen LogP contribution in [-0.4, -0.2) is 18.3 Å². The Bertz CT molecular complexity index is 1220. The van der Waals surface area contributed by atoms with Crippen molar-refractivity contribution in [3.63, 3.8) is 0 Å². The summed E-state index contributed by atoms with van der Waals surface area (Å²) in [5.74, 6) is 0.739. The van der Waals surface area contributed by atoms with Crippen molar-refractivity contribution in [2.75, 3.05) is 13.2 Å². The Hall–Kier alpha value is -3.68. The van der Waals surface area contributed by atoms with Crippen LogP contribution in [0.3, 0.4) is 0 Å². The second-order valence-electron chi connectivity index (χ2n) is 6.66. The highest BCUT2D eigenvalue weighted by Crippen LogP contribution is 2.34. The lowest BCUT2D eigenvalue weighted by Crippen LogP contribution is -2.06. The molecule has 158 valence electrons. The molecule has 0 unspecified atom stereocenters. The van der Waals surface area contributed by atoms with E-state index >= 15 is 0 Å². The molecule has 0 amide bonds. The van der Waals surface area contributed by atoms with Crippen LogP contribution >= 0.6 is 11.6 Å². The van der Waals surface area contributed by atoms with Gasteiger partial charge in [0.15, 0.2) is 11.5 Å². The molecule has 1 N–H and O–H groups in total. The van der Waals surface area contributed by atoms with E-state index in [2.05, 4.69) is 12.1 Å². The zero-order valence-corrected chi connectivity index (χ0v) is 17.3. The number of unbranched alkanes of at least 4 members (excludes halogenated alkanes) is 2. The van der Waals surface area contributed by atoms with E-state index in [0.29, 0.717) is 61.5 Å². The number of benzene rings is 2. The molecule has 3 aromatic rings. The molecule has 0 saturated carbocycles. The normalized spacial score (nSPS) is 10.4. The third kappa shape index (κ3) is 5.28. The van der Waals surface area contributed by atoms with E-state index in [0.717, 1.165) is 0 Å². The summed E-state index contributed by atoms with van der Waals surface area (Å²) in [4.78, 5) is 13.0. The van der Waals surface area contributed by atoms with E-state index in [1.165, 1.54) is 18.4 Å². The number of rotatable bonds is 9. The van der Waals surface area contributed by atoms with Gasteiger partial charge >= 0.3 is 0 Å². The molecule has 1 heterocycles.